The molecule has 1 heterocycles. The smallest absolute Gasteiger partial charge is 0.328 e. The van der Waals surface area contributed by atoms with E-state index >= 15 is 0 Å². The highest BCUT2D eigenvalue weighted by atomic mass is 16.4. The molecule has 6 heteroatoms. The fourth-order valence-corrected chi connectivity index (χ4v) is 1.69. The number of hydrogen-bond donors (Lipinski definition) is 2. The number of aryl methyl sites for hydroxylation is 1. The van der Waals surface area contributed by atoms with Crippen molar-refractivity contribution in [2.45, 2.75) is 6.92 Å². The summed E-state index contributed by atoms with van der Waals surface area (Å²) >= 11 is 0. The molecule has 0 aliphatic heterocycles. The molecule has 0 radical (unpaired) electrons. The average Bonchev–Trinajstić information content (AvgIpc) is 2.47. The van der Waals surface area contributed by atoms with Crippen LogP contribution in [-0.2, 0) is 4.79 Å². The lowest BCUT2D eigenvalue weighted by Gasteiger charge is -2.07. The van der Waals surface area contributed by atoms with Crippen molar-refractivity contribution in [1.82, 2.24) is 9.97 Å². The SMILES string of the molecule is Cc1ccc(C=CC(=O)O)cc1C(=O)Nc1ncccn1. The van der Waals surface area contributed by atoms with E-state index < -0.39 is 5.97 Å². The van der Waals surface area contributed by atoms with Gasteiger partial charge in [-0.1, -0.05) is 12.1 Å². The normalized spacial score (nSPS) is 10.5. The van der Waals surface area contributed by atoms with Crippen molar-refractivity contribution in [3.8, 4) is 0 Å². The Kier molecular flexibility index (Phi) is 4.40. The van der Waals surface area contributed by atoms with Crippen LogP contribution in [0.25, 0.3) is 6.08 Å². The minimum absolute atomic E-state index is 0.216. The summed E-state index contributed by atoms with van der Waals surface area (Å²) in [5.41, 5.74) is 1.84. The highest BCUT2D eigenvalue weighted by Gasteiger charge is 2.10. The minimum atomic E-state index is -1.04. The van der Waals surface area contributed by atoms with E-state index in [0.717, 1.165) is 11.6 Å². The van der Waals surface area contributed by atoms with E-state index in [1.54, 1.807) is 31.2 Å². The number of nitrogens with one attached hydrogen (secondary N) is 1. The maximum atomic E-state index is 12.2. The van der Waals surface area contributed by atoms with Crippen LogP contribution in [0.1, 0.15) is 21.5 Å². The Morgan fingerprint density at radius 2 is 1.95 bits per heavy atom. The number of carboxylic acids is 1. The third-order valence-corrected chi connectivity index (χ3v) is 2.72. The van der Waals surface area contributed by atoms with Gasteiger partial charge in [0.05, 0.1) is 0 Å². The van der Waals surface area contributed by atoms with Gasteiger partial charge in [-0.05, 0) is 36.3 Å². The number of carbonyl (C=O) groups is 2. The number of nitrogens with zero attached hydrogens (tertiary/aromatic N) is 2. The molecule has 1 amide bonds. The van der Waals surface area contributed by atoms with Crippen molar-refractivity contribution < 1.29 is 14.7 Å². The van der Waals surface area contributed by atoms with Gasteiger partial charge in [0.1, 0.15) is 0 Å². The molecule has 2 rings (SSSR count). The summed E-state index contributed by atoms with van der Waals surface area (Å²) in [6.45, 7) is 1.80. The van der Waals surface area contributed by atoms with Gasteiger partial charge in [0.15, 0.2) is 0 Å². The summed E-state index contributed by atoms with van der Waals surface area (Å²) in [4.78, 5) is 30.6. The molecule has 0 aliphatic carbocycles. The summed E-state index contributed by atoms with van der Waals surface area (Å²) in [5, 5.41) is 11.2. The topological polar surface area (TPSA) is 92.2 Å². The molecule has 0 fully saturated rings. The quantitative estimate of drug-likeness (QED) is 0.839. The van der Waals surface area contributed by atoms with Crippen LogP contribution in [0.15, 0.2) is 42.7 Å². The van der Waals surface area contributed by atoms with Crippen molar-refractivity contribution in [2.75, 3.05) is 5.32 Å². The fraction of sp³-hybridized carbons (Fsp3) is 0.0667. The van der Waals surface area contributed by atoms with Crippen molar-refractivity contribution in [3.05, 3.63) is 59.4 Å². The van der Waals surface area contributed by atoms with Crippen LogP contribution in [0.4, 0.5) is 5.95 Å². The Morgan fingerprint density at radius 1 is 1.24 bits per heavy atom. The predicted molar refractivity (Wildman–Crippen MR) is 77.8 cm³/mol. The number of carbonyl (C=O) groups excluding carboxylic acids is 1. The van der Waals surface area contributed by atoms with Crippen molar-refractivity contribution in [3.63, 3.8) is 0 Å². The number of benzene rings is 1. The molecular weight excluding hydrogens is 270 g/mol. The van der Waals surface area contributed by atoms with Gasteiger partial charge >= 0.3 is 5.97 Å². The predicted octanol–water partition coefficient (Wildman–Crippen LogP) is 2.14. The molecule has 2 aromatic rings. The molecule has 1 aromatic heterocycles. The standard InChI is InChI=1S/C15H13N3O3/c1-10-3-4-11(5-6-13(19)20)9-12(10)14(21)18-15-16-7-2-8-17-15/h2-9H,1H3,(H,19,20)(H,16,17,18,21). The monoisotopic (exact) mass is 283 g/mol. The fourth-order valence-electron chi connectivity index (χ4n) is 1.69. The van der Waals surface area contributed by atoms with Crippen molar-refractivity contribution in [2.24, 2.45) is 0 Å². The van der Waals surface area contributed by atoms with E-state index in [0.29, 0.717) is 11.1 Å². The molecule has 0 atom stereocenters. The maximum absolute atomic E-state index is 12.2. The van der Waals surface area contributed by atoms with E-state index in [9.17, 15) is 9.59 Å². The third kappa shape index (κ3) is 3.97. The van der Waals surface area contributed by atoms with E-state index in [2.05, 4.69) is 15.3 Å². The summed E-state index contributed by atoms with van der Waals surface area (Å²) < 4.78 is 0. The second-order valence-corrected chi connectivity index (χ2v) is 4.27. The maximum Gasteiger partial charge on any atom is 0.328 e. The molecule has 2 N–H and O–H groups in total. The van der Waals surface area contributed by atoms with Gasteiger partial charge in [-0.2, -0.15) is 0 Å². The zero-order valence-electron chi connectivity index (χ0n) is 11.3. The largest absolute Gasteiger partial charge is 0.478 e. The van der Waals surface area contributed by atoms with Crippen molar-refractivity contribution >= 4 is 23.9 Å². The van der Waals surface area contributed by atoms with Gasteiger partial charge in [-0.25, -0.2) is 14.8 Å². The number of anilines is 1. The van der Waals surface area contributed by atoms with Gasteiger partial charge in [0, 0.05) is 24.0 Å². The number of rotatable bonds is 4. The molecule has 0 saturated heterocycles. The first-order valence-corrected chi connectivity index (χ1v) is 6.16. The minimum Gasteiger partial charge on any atom is -0.478 e. The first-order valence-electron chi connectivity index (χ1n) is 6.16. The summed E-state index contributed by atoms with van der Waals surface area (Å²) in [5.74, 6) is -1.17. The van der Waals surface area contributed by atoms with Gasteiger partial charge < -0.3 is 5.11 Å². The Morgan fingerprint density at radius 3 is 2.62 bits per heavy atom. The molecule has 106 valence electrons. The van der Waals surface area contributed by atoms with Crippen molar-refractivity contribution in [1.29, 1.82) is 0 Å². The van der Waals surface area contributed by atoms with Gasteiger partial charge in [-0.3, -0.25) is 10.1 Å². The number of amides is 1. The molecule has 0 unspecified atom stereocenters. The number of carboxylic acid groups (broad SMARTS) is 1. The molecule has 0 saturated carbocycles. The van der Waals surface area contributed by atoms with E-state index in [-0.39, 0.29) is 11.9 Å². The lowest BCUT2D eigenvalue weighted by Crippen LogP contribution is -2.15. The van der Waals surface area contributed by atoms with E-state index in [4.69, 9.17) is 5.11 Å². The van der Waals surface area contributed by atoms with Crippen LogP contribution in [0, 0.1) is 6.92 Å². The Hall–Kier alpha value is -3.02. The van der Waals surface area contributed by atoms with E-state index in [1.165, 1.54) is 18.5 Å². The molecule has 0 bridgehead atoms. The molecule has 0 aliphatic rings. The third-order valence-electron chi connectivity index (χ3n) is 2.72. The van der Waals surface area contributed by atoms with Crippen LogP contribution in [0.5, 0.6) is 0 Å². The second-order valence-electron chi connectivity index (χ2n) is 4.27. The van der Waals surface area contributed by atoms with Crippen LogP contribution in [0.2, 0.25) is 0 Å². The number of hydrogen-bond acceptors (Lipinski definition) is 4. The number of aromatic nitrogens is 2. The molecule has 1 aromatic carbocycles. The zero-order valence-corrected chi connectivity index (χ0v) is 11.3. The highest BCUT2D eigenvalue weighted by Crippen LogP contribution is 2.14. The molecular formula is C15H13N3O3. The average molecular weight is 283 g/mol. The zero-order chi connectivity index (χ0) is 15.2. The Labute approximate surface area is 121 Å². The molecule has 21 heavy (non-hydrogen) atoms. The molecule has 0 spiro atoms. The van der Waals surface area contributed by atoms with Gasteiger partial charge in [0.25, 0.3) is 5.91 Å². The van der Waals surface area contributed by atoms with Crippen LogP contribution in [-0.4, -0.2) is 27.0 Å². The molecule has 6 nitrogen and oxygen atoms in total. The van der Waals surface area contributed by atoms with Crippen LogP contribution < -0.4 is 5.32 Å². The van der Waals surface area contributed by atoms with Crippen LogP contribution >= 0.6 is 0 Å². The Balaban J connectivity index is 2.24. The first-order chi connectivity index (χ1) is 10.1. The summed E-state index contributed by atoms with van der Waals surface area (Å²) in [7, 11) is 0. The summed E-state index contributed by atoms with van der Waals surface area (Å²) in [6.07, 6.45) is 5.51. The first kappa shape index (κ1) is 14.4. The van der Waals surface area contributed by atoms with Gasteiger partial charge in [-0.15, -0.1) is 0 Å². The summed E-state index contributed by atoms with van der Waals surface area (Å²) in [6, 6.07) is 6.76. The Bertz CT molecular complexity index is 697. The highest BCUT2D eigenvalue weighted by molar-refractivity contribution is 6.04. The van der Waals surface area contributed by atoms with Gasteiger partial charge in [0.2, 0.25) is 5.95 Å². The second kappa shape index (κ2) is 6.42. The lowest BCUT2D eigenvalue weighted by atomic mass is 10.0. The van der Waals surface area contributed by atoms with Crippen LogP contribution in [0.3, 0.4) is 0 Å². The van der Waals surface area contributed by atoms with E-state index in [1.807, 2.05) is 0 Å². The number of aliphatic carboxylic acids is 1. The lowest BCUT2D eigenvalue weighted by molar-refractivity contribution is -0.131.